The largest absolute Gasteiger partial charge is 0.339 e. The molecule has 1 saturated heterocycles. The van der Waals surface area contributed by atoms with Crippen LogP contribution >= 0.6 is 27.3 Å². The van der Waals surface area contributed by atoms with Crippen LogP contribution in [0.1, 0.15) is 17.7 Å². The lowest BCUT2D eigenvalue weighted by molar-refractivity contribution is -0.133. The van der Waals surface area contributed by atoms with Gasteiger partial charge in [-0.25, -0.2) is 8.42 Å². The van der Waals surface area contributed by atoms with Gasteiger partial charge >= 0.3 is 0 Å². The molecule has 1 aliphatic heterocycles. The second-order valence-corrected chi connectivity index (χ2v) is 10.3. The first-order valence-corrected chi connectivity index (χ1v) is 10.2. The van der Waals surface area contributed by atoms with Crippen LogP contribution in [0.15, 0.2) is 15.9 Å². The minimum absolute atomic E-state index is 0.295. The van der Waals surface area contributed by atoms with Crippen molar-refractivity contribution in [2.24, 2.45) is 0 Å². The first-order valence-electron chi connectivity index (χ1n) is 6.66. The van der Waals surface area contributed by atoms with E-state index in [4.69, 9.17) is 0 Å². The number of halogens is 1. The molecular formula is C13H19BrN2O3S2. The van der Waals surface area contributed by atoms with Crippen LogP contribution in [0.2, 0.25) is 0 Å². The molecule has 1 amide bonds. The number of nitrogens with one attached hydrogen (secondary N) is 1. The fraction of sp³-hybridized carbons (Fsp3) is 0.615. The van der Waals surface area contributed by atoms with Crippen LogP contribution in [-0.2, 0) is 21.2 Å². The monoisotopic (exact) mass is 394 g/mol. The quantitative estimate of drug-likeness (QED) is 0.842. The normalized spacial score (nSPS) is 18.4. The molecule has 0 saturated carbocycles. The summed E-state index contributed by atoms with van der Waals surface area (Å²) in [6.45, 7) is 1.54. The maximum atomic E-state index is 12.8. The molecule has 1 aromatic rings. The number of thiophene rings is 1. The van der Waals surface area contributed by atoms with Gasteiger partial charge in [0.2, 0.25) is 5.91 Å². The number of carbonyl (C=O) groups is 1. The number of nitrogens with zero attached hydrogens (tertiary/aromatic N) is 1. The smallest absolute Gasteiger partial charge is 0.244 e. The van der Waals surface area contributed by atoms with Gasteiger partial charge < -0.3 is 10.2 Å². The van der Waals surface area contributed by atoms with Crippen molar-refractivity contribution in [3.05, 3.63) is 20.8 Å². The maximum Gasteiger partial charge on any atom is 0.244 e. The number of hydrogen-bond donors (Lipinski definition) is 1. The molecule has 118 valence electrons. The number of amides is 1. The lowest BCUT2D eigenvalue weighted by Crippen LogP contribution is -2.57. The molecule has 8 heteroatoms. The Morgan fingerprint density at radius 1 is 1.43 bits per heavy atom. The van der Waals surface area contributed by atoms with Gasteiger partial charge in [-0.3, -0.25) is 4.79 Å². The molecule has 2 rings (SSSR count). The van der Waals surface area contributed by atoms with E-state index in [2.05, 4.69) is 21.2 Å². The predicted octanol–water partition coefficient (Wildman–Crippen LogP) is 1.64. The number of sulfone groups is 1. The molecule has 0 atom stereocenters. The lowest BCUT2D eigenvalue weighted by Gasteiger charge is -2.37. The summed E-state index contributed by atoms with van der Waals surface area (Å²) in [6, 6.07) is 3.86. The highest BCUT2D eigenvalue weighted by Crippen LogP contribution is 2.31. The van der Waals surface area contributed by atoms with E-state index in [9.17, 15) is 13.2 Å². The van der Waals surface area contributed by atoms with Gasteiger partial charge in [-0.1, -0.05) is 0 Å². The second kappa shape index (κ2) is 6.36. The molecular weight excluding hydrogens is 376 g/mol. The molecule has 0 radical (unpaired) electrons. The third-order valence-electron chi connectivity index (χ3n) is 3.88. The number of rotatable bonds is 4. The van der Waals surface area contributed by atoms with Crippen LogP contribution in [0, 0.1) is 0 Å². The highest BCUT2D eigenvalue weighted by Gasteiger charge is 2.49. The Labute approximate surface area is 137 Å². The molecule has 2 heterocycles. The average Bonchev–Trinajstić information content (AvgIpc) is 2.82. The van der Waals surface area contributed by atoms with Crippen molar-refractivity contribution in [3.8, 4) is 0 Å². The molecule has 21 heavy (non-hydrogen) atoms. The molecule has 0 spiro atoms. The Balaban J connectivity index is 2.22. The highest BCUT2D eigenvalue weighted by molar-refractivity contribution is 9.11. The Bertz CT molecular complexity index is 621. The summed E-state index contributed by atoms with van der Waals surface area (Å²) in [4.78, 5) is 15.3. The number of carbonyl (C=O) groups excluding carboxylic acids is 1. The van der Waals surface area contributed by atoms with Crippen LogP contribution < -0.4 is 5.32 Å². The molecule has 0 bridgehead atoms. The van der Waals surface area contributed by atoms with Crippen molar-refractivity contribution >= 4 is 43.0 Å². The second-order valence-electron chi connectivity index (χ2n) is 5.38. The Kier molecular flexibility index (Phi) is 5.12. The van der Waals surface area contributed by atoms with E-state index in [0.29, 0.717) is 32.5 Å². The first kappa shape index (κ1) is 16.9. The van der Waals surface area contributed by atoms with Gasteiger partial charge in [0, 0.05) is 18.2 Å². The van der Waals surface area contributed by atoms with Gasteiger partial charge in [-0.05, 0) is 54.0 Å². The van der Waals surface area contributed by atoms with Crippen LogP contribution in [0.4, 0.5) is 0 Å². The lowest BCUT2D eigenvalue weighted by atomic mass is 9.95. The zero-order valence-electron chi connectivity index (χ0n) is 12.1. The number of piperidine rings is 1. The fourth-order valence-electron chi connectivity index (χ4n) is 2.66. The van der Waals surface area contributed by atoms with E-state index < -0.39 is 14.6 Å². The summed E-state index contributed by atoms with van der Waals surface area (Å²) in [5, 5.41) is 3.12. The van der Waals surface area contributed by atoms with Crippen LogP contribution in [-0.4, -0.2) is 50.4 Å². The van der Waals surface area contributed by atoms with Crippen molar-refractivity contribution < 1.29 is 13.2 Å². The van der Waals surface area contributed by atoms with Gasteiger partial charge in [-0.15, -0.1) is 11.3 Å². The Morgan fingerprint density at radius 3 is 2.52 bits per heavy atom. The third kappa shape index (κ3) is 3.49. The van der Waals surface area contributed by atoms with Crippen LogP contribution in [0.5, 0.6) is 0 Å². The van der Waals surface area contributed by atoms with Crippen molar-refractivity contribution in [3.63, 3.8) is 0 Å². The van der Waals surface area contributed by atoms with Gasteiger partial charge in [0.15, 0.2) is 14.6 Å². The van der Waals surface area contributed by atoms with Crippen molar-refractivity contribution in [2.45, 2.75) is 24.1 Å². The maximum absolute atomic E-state index is 12.8. The van der Waals surface area contributed by atoms with Gasteiger partial charge in [-0.2, -0.15) is 0 Å². The number of hydrogen-bond acceptors (Lipinski definition) is 5. The SMILES string of the molecule is CN(Cc1ccc(Br)s1)C(=O)C1(S(C)(=O)=O)CCNCC1. The zero-order chi connectivity index (χ0) is 15.7. The molecule has 0 aromatic carbocycles. The summed E-state index contributed by atoms with van der Waals surface area (Å²) in [7, 11) is -1.78. The Hall–Kier alpha value is -0.440. The van der Waals surface area contributed by atoms with Crippen molar-refractivity contribution in [1.29, 1.82) is 0 Å². The molecule has 0 aliphatic carbocycles. The van der Waals surface area contributed by atoms with E-state index in [0.717, 1.165) is 8.66 Å². The van der Waals surface area contributed by atoms with Crippen LogP contribution in [0.3, 0.4) is 0 Å². The summed E-state index contributed by atoms with van der Waals surface area (Å²) in [5.74, 6) is -0.295. The summed E-state index contributed by atoms with van der Waals surface area (Å²) < 4.78 is 24.2. The first-order chi connectivity index (χ1) is 9.76. The molecule has 1 N–H and O–H groups in total. The highest BCUT2D eigenvalue weighted by atomic mass is 79.9. The predicted molar refractivity (Wildman–Crippen MR) is 88.2 cm³/mol. The molecule has 5 nitrogen and oxygen atoms in total. The molecule has 1 fully saturated rings. The van der Waals surface area contributed by atoms with Crippen molar-refractivity contribution in [1.82, 2.24) is 10.2 Å². The summed E-state index contributed by atoms with van der Waals surface area (Å²) in [5.41, 5.74) is 0. The van der Waals surface area contributed by atoms with E-state index >= 15 is 0 Å². The minimum Gasteiger partial charge on any atom is -0.339 e. The van der Waals surface area contributed by atoms with E-state index in [1.165, 1.54) is 11.2 Å². The molecule has 0 unspecified atom stereocenters. The van der Waals surface area contributed by atoms with Gasteiger partial charge in [0.1, 0.15) is 0 Å². The summed E-state index contributed by atoms with van der Waals surface area (Å²) >= 11 is 4.94. The standard InChI is InChI=1S/C13H19BrN2O3S2/c1-16(9-10-3-4-11(14)20-10)12(17)13(21(2,18)19)5-7-15-8-6-13/h3-4,15H,5-9H2,1-2H3. The van der Waals surface area contributed by atoms with Crippen molar-refractivity contribution in [2.75, 3.05) is 26.4 Å². The molecule has 1 aliphatic rings. The third-order valence-corrected chi connectivity index (χ3v) is 7.49. The van der Waals surface area contributed by atoms with E-state index in [-0.39, 0.29) is 5.91 Å². The molecule has 1 aromatic heterocycles. The topological polar surface area (TPSA) is 66.5 Å². The van der Waals surface area contributed by atoms with Gasteiger partial charge in [0.05, 0.1) is 10.3 Å². The Morgan fingerprint density at radius 2 is 2.05 bits per heavy atom. The van der Waals surface area contributed by atoms with E-state index in [1.54, 1.807) is 18.4 Å². The summed E-state index contributed by atoms with van der Waals surface area (Å²) in [6.07, 6.45) is 1.85. The van der Waals surface area contributed by atoms with Crippen LogP contribution in [0.25, 0.3) is 0 Å². The zero-order valence-corrected chi connectivity index (χ0v) is 15.3. The minimum atomic E-state index is -3.46. The fourth-order valence-corrected chi connectivity index (χ4v) is 5.62. The van der Waals surface area contributed by atoms with Gasteiger partial charge in [0.25, 0.3) is 0 Å². The van der Waals surface area contributed by atoms with E-state index in [1.807, 2.05) is 12.1 Å². The average molecular weight is 395 g/mol.